The number of thiophene rings is 1. The fraction of sp³-hybridized carbons (Fsp3) is 0.733. The van der Waals surface area contributed by atoms with Crippen molar-refractivity contribution in [2.75, 3.05) is 13.6 Å². The zero-order chi connectivity index (χ0) is 15.0. The molecule has 0 radical (unpaired) electrons. The Morgan fingerprint density at radius 3 is 2.43 bits per heavy atom. The van der Waals surface area contributed by atoms with Gasteiger partial charge in [-0.15, -0.1) is 11.3 Å². The Bertz CT molecular complexity index is 589. The molecule has 2 saturated carbocycles. The topological polar surface area (TPSA) is 58.2 Å². The third-order valence-electron chi connectivity index (χ3n) is 4.53. The molecule has 0 atom stereocenters. The van der Waals surface area contributed by atoms with E-state index in [1.54, 1.807) is 11.3 Å². The van der Waals surface area contributed by atoms with Crippen LogP contribution < -0.4 is 10.0 Å². The minimum absolute atomic E-state index is 0.461. The lowest BCUT2D eigenvalue weighted by Crippen LogP contribution is -2.31. The summed E-state index contributed by atoms with van der Waals surface area (Å²) in [7, 11) is -1.49. The fourth-order valence-corrected chi connectivity index (χ4v) is 5.82. The molecular formula is C15H24N2O2S2. The number of aryl methyl sites for hydroxylation is 1. The summed E-state index contributed by atoms with van der Waals surface area (Å²) >= 11 is 1.56. The summed E-state index contributed by atoms with van der Waals surface area (Å²) in [6.45, 7) is 3.22. The van der Waals surface area contributed by atoms with Gasteiger partial charge in [0.1, 0.15) is 0 Å². The van der Waals surface area contributed by atoms with Crippen molar-refractivity contribution in [3.63, 3.8) is 0 Å². The average molecular weight is 329 g/mol. The van der Waals surface area contributed by atoms with Gasteiger partial charge in [-0.25, -0.2) is 13.1 Å². The minimum Gasteiger partial charge on any atom is -0.315 e. The second-order valence-electron chi connectivity index (χ2n) is 6.35. The third-order valence-corrected chi connectivity index (χ3v) is 7.26. The predicted octanol–water partition coefficient (Wildman–Crippen LogP) is 2.49. The number of sulfonamides is 1. The van der Waals surface area contributed by atoms with Gasteiger partial charge in [0.05, 0.1) is 4.90 Å². The smallest absolute Gasteiger partial charge is 0.241 e. The molecule has 2 aliphatic carbocycles. The van der Waals surface area contributed by atoms with Gasteiger partial charge in [0.15, 0.2) is 0 Å². The number of hydrogen-bond donors (Lipinski definition) is 2. The zero-order valence-corrected chi connectivity index (χ0v) is 14.3. The average Bonchev–Trinajstić information content (AvgIpc) is 3.30. The van der Waals surface area contributed by atoms with Crippen molar-refractivity contribution >= 4 is 21.4 Å². The second kappa shape index (κ2) is 5.99. The van der Waals surface area contributed by atoms with Crippen LogP contribution in [0.15, 0.2) is 11.0 Å². The molecule has 0 amide bonds. The fourth-order valence-electron chi connectivity index (χ4n) is 3.10. The van der Waals surface area contributed by atoms with E-state index in [1.807, 2.05) is 20.0 Å². The molecule has 0 unspecified atom stereocenters. The first kappa shape index (κ1) is 15.5. The predicted molar refractivity (Wildman–Crippen MR) is 85.9 cm³/mol. The zero-order valence-electron chi connectivity index (χ0n) is 12.7. The molecule has 21 heavy (non-hydrogen) atoms. The summed E-state index contributed by atoms with van der Waals surface area (Å²) in [5.41, 5.74) is 0. The van der Waals surface area contributed by atoms with Gasteiger partial charge >= 0.3 is 0 Å². The number of hydrogen-bond acceptors (Lipinski definition) is 4. The summed E-state index contributed by atoms with van der Waals surface area (Å²) in [4.78, 5) is 2.40. The van der Waals surface area contributed by atoms with Gasteiger partial charge in [0.2, 0.25) is 10.0 Å². The SMILES string of the molecule is CNCc1cc(S(=O)(=O)NCC(C2CC2)C2CC2)c(C)s1. The van der Waals surface area contributed by atoms with E-state index in [4.69, 9.17) is 0 Å². The van der Waals surface area contributed by atoms with Crippen molar-refractivity contribution in [1.82, 2.24) is 10.0 Å². The molecule has 6 heteroatoms. The molecule has 1 aromatic heterocycles. The highest BCUT2D eigenvalue weighted by atomic mass is 32.2. The quantitative estimate of drug-likeness (QED) is 0.771. The van der Waals surface area contributed by atoms with Gasteiger partial charge in [-0.3, -0.25) is 0 Å². The van der Waals surface area contributed by atoms with Crippen molar-refractivity contribution in [2.24, 2.45) is 17.8 Å². The molecule has 4 nitrogen and oxygen atoms in total. The summed E-state index contributed by atoms with van der Waals surface area (Å²) in [5, 5.41) is 3.07. The van der Waals surface area contributed by atoms with E-state index in [-0.39, 0.29) is 0 Å². The molecule has 0 aromatic carbocycles. The van der Waals surface area contributed by atoms with Crippen LogP contribution in [-0.4, -0.2) is 22.0 Å². The molecule has 1 heterocycles. The van der Waals surface area contributed by atoms with Crippen LogP contribution in [0.2, 0.25) is 0 Å². The maximum Gasteiger partial charge on any atom is 0.241 e. The Morgan fingerprint density at radius 2 is 1.90 bits per heavy atom. The summed E-state index contributed by atoms with van der Waals surface area (Å²) < 4.78 is 27.9. The molecule has 2 N–H and O–H groups in total. The standard InChI is InChI=1S/C15H24N2O2S2/c1-10-15(7-13(20-10)8-16-2)21(18,19)17-9-14(11-3-4-11)12-5-6-12/h7,11-12,14,16-17H,3-6,8-9H2,1-2H3. The van der Waals surface area contributed by atoms with Gasteiger partial charge in [-0.05, 0) is 63.5 Å². The van der Waals surface area contributed by atoms with Crippen LogP contribution in [0.5, 0.6) is 0 Å². The highest BCUT2D eigenvalue weighted by molar-refractivity contribution is 7.89. The van der Waals surface area contributed by atoms with E-state index in [1.165, 1.54) is 25.7 Å². The largest absolute Gasteiger partial charge is 0.315 e. The first-order valence-electron chi connectivity index (χ1n) is 7.75. The molecule has 3 rings (SSSR count). The number of nitrogens with one attached hydrogen (secondary N) is 2. The Morgan fingerprint density at radius 1 is 1.29 bits per heavy atom. The monoisotopic (exact) mass is 328 g/mol. The highest BCUT2D eigenvalue weighted by Gasteiger charge is 2.41. The minimum atomic E-state index is -3.36. The molecule has 1 aromatic rings. The van der Waals surface area contributed by atoms with Crippen LogP contribution in [0.25, 0.3) is 0 Å². The van der Waals surface area contributed by atoms with Crippen LogP contribution in [0, 0.1) is 24.7 Å². The molecule has 0 aliphatic heterocycles. The van der Waals surface area contributed by atoms with E-state index < -0.39 is 10.0 Å². The van der Waals surface area contributed by atoms with E-state index in [9.17, 15) is 8.42 Å². The van der Waals surface area contributed by atoms with Crippen LogP contribution in [-0.2, 0) is 16.6 Å². The first-order chi connectivity index (χ1) is 10.0. The lowest BCUT2D eigenvalue weighted by atomic mass is 9.99. The number of rotatable bonds is 8. The molecule has 2 aliphatic rings. The Kier molecular flexibility index (Phi) is 4.41. The van der Waals surface area contributed by atoms with Crippen molar-refractivity contribution in [3.8, 4) is 0 Å². The van der Waals surface area contributed by atoms with Gasteiger partial charge in [0.25, 0.3) is 0 Å². The molecule has 118 valence electrons. The van der Waals surface area contributed by atoms with Crippen LogP contribution >= 0.6 is 11.3 Å². The lowest BCUT2D eigenvalue weighted by molar-refractivity contribution is 0.401. The normalized spacial score (nSPS) is 19.4. The molecule has 0 bridgehead atoms. The lowest BCUT2D eigenvalue weighted by Gasteiger charge is -2.16. The summed E-state index contributed by atoms with van der Waals surface area (Å²) in [5.74, 6) is 2.10. The van der Waals surface area contributed by atoms with Crippen LogP contribution in [0.1, 0.15) is 35.4 Å². The Hall–Kier alpha value is -0.430. The Balaban J connectivity index is 1.68. The van der Waals surface area contributed by atoms with Crippen molar-refractivity contribution in [3.05, 3.63) is 15.8 Å². The van der Waals surface area contributed by atoms with Gasteiger partial charge in [0, 0.05) is 22.8 Å². The molecule has 2 fully saturated rings. The summed E-state index contributed by atoms with van der Waals surface area (Å²) in [6.07, 6.45) is 5.14. The van der Waals surface area contributed by atoms with E-state index in [2.05, 4.69) is 10.0 Å². The van der Waals surface area contributed by atoms with Crippen molar-refractivity contribution < 1.29 is 8.42 Å². The van der Waals surface area contributed by atoms with E-state index in [0.29, 0.717) is 23.9 Å². The van der Waals surface area contributed by atoms with Crippen molar-refractivity contribution in [1.29, 1.82) is 0 Å². The third kappa shape index (κ3) is 3.67. The molecule has 0 spiro atoms. The molecule has 0 saturated heterocycles. The van der Waals surface area contributed by atoms with Crippen molar-refractivity contribution in [2.45, 2.75) is 44.0 Å². The van der Waals surface area contributed by atoms with Gasteiger partial charge in [-0.1, -0.05) is 0 Å². The second-order valence-corrected chi connectivity index (χ2v) is 9.43. The maximum absolute atomic E-state index is 12.5. The van der Waals surface area contributed by atoms with Gasteiger partial charge < -0.3 is 5.32 Å². The summed E-state index contributed by atoms with van der Waals surface area (Å²) in [6, 6.07) is 1.81. The van der Waals surface area contributed by atoms with Crippen LogP contribution in [0.4, 0.5) is 0 Å². The van der Waals surface area contributed by atoms with Crippen LogP contribution in [0.3, 0.4) is 0 Å². The highest BCUT2D eigenvalue weighted by Crippen LogP contribution is 2.48. The van der Waals surface area contributed by atoms with E-state index >= 15 is 0 Å². The maximum atomic E-state index is 12.5. The molecular weight excluding hydrogens is 304 g/mol. The Labute approximate surface area is 131 Å². The van der Waals surface area contributed by atoms with Gasteiger partial charge in [-0.2, -0.15) is 0 Å². The van der Waals surface area contributed by atoms with E-state index in [0.717, 1.165) is 21.6 Å². The first-order valence-corrected chi connectivity index (χ1v) is 10.0.